The summed E-state index contributed by atoms with van der Waals surface area (Å²) in [6.45, 7) is 1.79. The molecule has 0 aliphatic carbocycles. The predicted octanol–water partition coefficient (Wildman–Crippen LogP) is 2.52. The first kappa shape index (κ1) is 15.4. The minimum Gasteiger partial charge on any atom is -0.469 e. The molecule has 0 aliphatic heterocycles. The fourth-order valence-corrected chi connectivity index (χ4v) is 1.74. The molecule has 2 N–H and O–H groups in total. The Morgan fingerprint density at radius 2 is 2.16 bits per heavy atom. The van der Waals surface area contributed by atoms with E-state index in [2.05, 4.69) is 31.3 Å². The highest BCUT2D eigenvalue weighted by Crippen LogP contribution is 2.22. The van der Waals surface area contributed by atoms with Gasteiger partial charge in [0, 0.05) is 11.0 Å². The molecule has 0 bridgehead atoms. The van der Waals surface area contributed by atoms with Crippen LogP contribution in [0.2, 0.25) is 0 Å². The molecule has 1 aromatic carbocycles. The van der Waals surface area contributed by atoms with Gasteiger partial charge >= 0.3 is 12.0 Å². The van der Waals surface area contributed by atoms with Crippen molar-refractivity contribution in [2.45, 2.75) is 6.92 Å². The maximum atomic E-state index is 12.9. The van der Waals surface area contributed by atoms with E-state index in [1.807, 2.05) is 0 Å². The van der Waals surface area contributed by atoms with E-state index in [1.165, 1.54) is 25.3 Å². The quantitative estimate of drug-likeness (QED) is 0.832. The maximum Gasteiger partial charge on any atom is 0.319 e. The Labute approximate surface area is 118 Å². The number of nitrogens with one attached hydrogen (secondary N) is 2. The zero-order chi connectivity index (χ0) is 14.4. The van der Waals surface area contributed by atoms with E-state index in [9.17, 15) is 14.0 Å². The van der Waals surface area contributed by atoms with Gasteiger partial charge in [-0.3, -0.25) is 4.79 Å². The monoisotopic (exact) mass is 332 g/mol. The van der Waals surface area contributed by atoms with Gasteiger partial charge in [-0.2, -0.15) is 0 Å². The molecule has 0 aromatic heterocycles. The number of rotatable bonds is 4. The molecule has 0 fully saturated rings. The zero-order valence-electron chi connectivity index (χ0n) is 10.5. The van der Waals surface area contributed by atoms with Gasteiger partial charge in [-0.25, -0.2) is 9.18 Å². The Morgan fingerprint density at radius 1 is 1.47 bits per heavy atom. The van der Waals surface area contributed by atoms with Crippen LogP contribution in [0.15, 0.2) is 22.7 Å². The lowest BCUT2D eigenvalue weighted by atomic mass is 10.2. The normalized spacial score (nSPS) is 11.6. The van der Waals surface area contributed by atoms with E-state index in [0.717, 1.165) is 0 Å². The van der Waals surface area contributed by atoms with E-state index in [4.69, 9.17) is 0 Å². The van der Waals surface area contributed by atoms with Crippen LogP contribution in [-0.2, 0) is 9.53 Å². The summed E-state index contributed by atoms with van der Waals surface area (Å²) in [5.74, 6) is -1.24. The standard InChI is InChI=1S/C12H14BrFN2O3/c1-7(11(17)19-2)6-15-12(18)16-10-4-3-8(14)5-9(10)13/h3-5,7H,6H2,1-2H3,(H2,15,16,18)/t7-/m1/s1. The SMILES string of the molecule is COC(=O)[C@H](C)CNC(=O)Nc1ccc(F)cc1Br. The van der Waals surface area contributed by atoms with E-state index in [0.29, 0.717) is 10.2 Å². The molecule has 0 heterocycles. The molecular formula is C12H14BrFN2O3. The Kier molecular flexibility index (Phi) is 5.75. The number of esters is 1. The highest BCUT2D eigenvalue weighted by atomic mass is 79.9. The molecule has 1 aromatic rings. The zero-order valence-corrected chi connectivity index (χ0v) is 12.1. The van der Waals surface area contributed by atoms with Crippen molar-refractivity contribution < 1.29 is 18.7 Å². The Bertz CT molecular complexity index is 482. The van der Waals surface area contributed by atoms with Crippen molar-refractivity contribution in [2.75, 3.05) is 19.0 Å². The van der Waals surface area contributed by atoms with Crippen LogP contribution >= 0.6 is 15.9 Å². The van der Waals surface area contributed by atoms with Crippen LogP contribution < -0.4 is 10.6 Å². The van der Waals surface area contributed by atoms with Crippen molar-refractivity contribution in [3.05, 3.63) is 28.5 Å². The molecule has 0 spiro atoms. The lowest BCUT2D eigenvalue weighted by molar-refractivity contribution is -0.144. The van der Waals surface area contributed by atoms with Crippen LogP contribution in [0.25, 0.3) is 0 Å². The Hall–Kier alpha value is -1.63. The van der Waals surface area contributed by atoms with Crippen molar-refractivity contribution in [3.63, 3.8) is 0 Å². The van der Waals surface area contributed by atoms with Crippen LogP contribution in [0.1, 0.15) is 6.92 Å². The summed E-state index contributed by atoms with van der Waals surface area (Å²) in [4.78, 5) is 22.7. The topological polar surface area (TPSA) is 67.4 Å². The van der Waals surface area contributed by atoms with Crippen LogP contribution in [0.3, 0.4) is 0 Å². The number of ether oxygens (including phenoxy) is 1. The summed E-state index contributed by atoms with van der Waals surface area (Å²) in [7, 11) is 1.29. The maximum absolute atomic E-state index is 12.9. The minimum atomic E-state index is -0.483. The molecule has 2 amide bonds. The third-order valence-corrected chi connectivity index (χ3v) is 3.01. The lowest BCUT2D eigenvalue weighted by Crippen LogP contribution is -2.35. The minimum absolute atomic E-state index is 0.150. The Balaban J connectivity index is 2.49. The number of amides is 2. The molecule has 7 heteroatoms. The van der Waals surface area contributed by atoms with Crippen LogP contribution in [0.5, 0.6) is 0 Å². The fraction of sp³-hybridized carbons (Fsp3) is 0.333. The third kappa shape index (κ3) is 4.86. The highest BCUT2D eigenvalue weighted by Gasteiger charge is 2.14. The molecule has 0 aliphatic rings. The van der Waals surface area contributed by atoms with Crippen molar-refractivity contribution in [1.82, 2.24) is 5.32 Å². The van der Waals surface area contributed by atoms with Crippen molar-refractivity contribution >= 4 is 33.6 Å². The van der Waals surface area contributed by atoms with Crippen LogP contribution in [0, 0.1) is 11.7 Å². The molecule has 1 atom stereocenters. The van der Waals surface area contributed by atoms with Gasteiger partial charge < -0.3 is 15.4 Å². The molecule has 104 valence electrons. The van der Waals surface area contributed by atoms with Crippen LogP contribution in [0.4, 0.5) is 14.9 Å². The van der Waals surface area contributed by atoms with Gasteiger partial charge in [-0.05, 0) is 34.1 Å². The van der Waals surface area contributed by atoms with Gasteiger partial charge in [0.15, 0.2) is 0 Å². The smallest absolute Gasteiger partial charge is 0.319 e. The Morgan fingerprint density at radius 3 is 2.74 bits per heavy atom. The summed E-state index contributed by atoms with van der Waals surface area (Å²) in [5.41, 5.74) is 0.435. The molecular weight excluding hydrogens is 319 g/mol. The summed E-state index contributed by atoms with van der Waals surface area (Å²) in [5, 5.41) is 5.06. The van der Waals surface area contributed by atoms with Gasteiger partial charge in [0.1, 0.15) is 5.82 Å². The number of hydrogen-bond acceptors (Lipinski definition) is 3. The first-order valence-electron chi connectivity index (χ1n) is 5.51. The number of benzene rings is 1. The second-order valence-electron chi connectivity index (χ2n) is 3.88. The first-order valence-corrected chi connectivity index (χ1v) is 6.31. The molecule has 0 radical (unpaired) electrons. The van der Waals surface area contributed by atoms with Gasteiger partial charge in [-0.15, -0.1) is 0 Å². The molecule has 19 heavy (non-hydrogen) atoms. The number of methoxy groups -OCH3 is 1. The summed E-state index contributed by atoms with van der Waals surface area (Å²) < 4.78 is 17.8. The second kappa shape index (κ2) is 7.08. The number of carbonyl (C=O) groups is 2. The average molecular weight is 333 g/mol. The molecule has 1 rings (SSSR count). The number of urea groups is 1. The lowest BCUT2D eigenvalue weighted by Gasteiger charge is -2.12. The molecule has 0 saturated carbocycles. The molecule has 0 unspecified atom stereocenters. The fourth-order valence-electron chi connectivity index (χ4n) is 1.29. The highest BCUT2D eigenvalue weighted by molar-refractivity contribution is 9.10. The van der Waals surface area contributed by atoms with Gasteiger partial charge in [0.25, 0.3) is 0 Å². The molecule has 5 nitrogen and oxygen atoms in total. The van der Waals surface area contributed by atoms with E-state index in [-0.39, 0.29) is 6.54 Å². The van der Waals surface area contributed by atoms with Crippen LogP contribution in [-0.4, -0.2) is 25.7 Å². The van der Waals surface area contributed by atoms with Gasteiger partial charge in [0.05, 0.1) is 18.7 Å². The van der Waals surface area contributed by atoms with Crippen molar-refractivity contribution in [1.29, 1.82) is 0 Å². The summed E-state index contributed by atoms with van der Waals surface area (Å²) in [6, 6.07) is 3.43. The third-order valence-electron chi connectivity index (χ3n) is 2.35. The number of halogens is 2. The average Bonchev–Trinajstić information content (AvgIpc) is 2.38. The molecule has 0 saturated heterocycles. The number of hydrogen-bond donors (Lipinski definition) is 2. The number of carbonyl (C=O) groups excluding carboxylic acids is 2. The van der Waals surface area contributed by atoms with E-state index in [1.54, 1.807) is 6.92 Å². The van der Waals surface area contributed by atoms with E-state index < -0.39 is 23.7 Å². The largest absolute Gasteiger partial charge is 0.469 e. The first-order chi connectivity index (χ1) is 8.93. The summed E-state index contributed by atoms with van der Waals surface area (Å²) in [6.07, 6.45) is 0. The van der Waals surface area contributed by atoms with Crippen molar-refractivity contribution in [3.8, 4) is 0 Å². The number of anilines is 1. The summed E-state index contributed by atoms with van der Waals surface area (Å²) >= 11 is 3.13. The van der Waals surface area contributed by atoms with Gasteiger partial charge in [-0.1, -0.05) is 6.92 Å². The van der Waals surface area contributed by atoms with Crippen molar-refractivity contribution in [2.24, 2.45) is 5.92 Å². The second-order valence-corrected chi connectivity index (χ2v) is 4.74. The van der Waals surface area contributed by atoms with E-state index >= 15 is 0 Å². The van der Waals surface area contributed by atoms with Gasteiger partial charge in [0.2, 0.25) is 0 Å². The predicted molar refractivity (Wildman–Crippen MR) is 72.3 cm³/mol.